The molecule has 1 aromatic heterocycles. The molecule has 1 unspecified atom stereocenters. The summed E-state index contributed by atoms with van der Waals surface area (Å²) in [5.41, 5.74) is 1.16. The van der Waals surface area contributed by atoms with E-state index in [1.165, 1.54) is 32.5 Å². The Kier molecular flexibility index (Phi) is 2.88. The molecule has 0 aliphatic carbocycles. The fourth-order valence-electron chi connectivity index (χ4n) is 3.98. The van der Waals surface area contributed by atoms with Crippen LogP contribution in [-0.2, 0) is 6.42 Å². The fourth-order valence-corrected chi connectivity index (χ4v) is 3.98. The van der Waals surface area contributed by atoms with Gasteiger partial charge in [-0.1, -0.05) is 18.2 Å². The maximum Gasteiger partial charge on any atom is 0.256 e. The summed E-state index contributed by atoms with van der Waals surface area (Å²) in [5, 5.41) is 1.86. The van der Waals surface area contributed by atoms with Crippen molar-refractivity contribution in [2.75, 3.05) is 19.6 Å². The molecule has 1 aromatic carbocycles. The molecule has 4 heterocycles. The predicted octanol–water partition coefficient (Wildman–Crippen LogP) is 2.41. The monoisotopic (exact) mass is 268 g/mol. The number of aromatic nitrogens is 1. The first-order chi connectivity index (χ1) is 9.79. The normalized spacial score (nSPS) is 28.9. The molecule has 0 spiro atoms. The average Bonchev–Trinajstić information content (AvgIpc) is 2.48. The van der Waals surface area contributed by atoms with Crippen molar-refractivity contribution >= 4 is 10.8 Å². The third-order valence-electron chi connectivity index (χ3n) is 5.08. The lowest BCUT2D eigenvalue weighted by atomic mass is 9.77. The highest BCUT2D eigenvalue weighted by Gasteiger charge is 2.33. The second-order valence-electron chi connectivity index (χ2n) is 6.31. The van der Waals surface area contributed by atoms with Crippen molar-refractivity contribution in [3.63, 3.8) is 0 Å². The third kappa shape index (κ3) is 2.06. The maximum atomic E-state index is 12.1. The molecule has 1 N–H and O–H groups in total. The van der Waals surface area contributed by atoms with Crippen LogP contribution in [0.3, 0.4) is 0 Å². The zero-order valence-corrected chi connectivity index (χ0v) is 11.6. The molecule has 0 amide bonds. The van der Waals surface area contributed by atoms with Gasteiger partial charge in [-0.05, 0) is 61.7 Å². The number of aromatic amines is 1. The zero-order valence-electron chi connectivity index (χ0n) is 11.6. The molecule has 2 bridgehead atoms. The molecular formula is C17H20N2O. The van der Waals surface area contributed by atoms with E-state index in [0.29, 0.717) is 5.92 Å². The van der Waals surface area contributed by atoms with Crippen LogP contribution in [0.5, 0.6) is 0 Å². The third-order valence-corrected chi connectivity index (χ3v) is 5.08. The highest BCUT2D eigenvalue weighted by Crippen LogP contribution is 2.34. The number of pyridine rings is 1. The SMILES string of the molecule is O=c1[nH]c(CC2CN3CCC2CC3)cc2ccccc12. The molecule has 3 aliphatic rings. The lowest BCUT2D eigenvalue weighted by Crippen LogP contribution is -2.48. The number of rotatable bonds is 2. The van der Waals surface area contributed by atoms with Crippen LogP contribution >= 0.6 is 0 Å². The second kappa shape index (κ2) is 4.74. The average molecular weight is 268 g/mol. The summed E-state index contributed by atoms with van der Waals surface area (Å²) in [5.74, 6) is 1.57. The number of H-pyrrole nitrogens is 1. The first-order valence-electron chi connectivity index (χ1n) is 7.63. The van der Waals surface area contributed by atoms with Crippen LogP contribution < -0.4 is 5.56 Å². The van der Waals surface area contributed by atoms with Crippen LogP contribution in [0.15, 0.2) is 35.1 Å². The van der Waals surface area contributed by atoms with Crippen LogP contribution in [0.25, 0.3) is 10.8 Å². The molecule has 20 heavy (non-hydrogen) atoms. The van der Waals surface area contributed by atoms with E-state index in [1.54, 1.807) is 0 Å². The first-order valence-corrected chi connectivity index (χ1v) is 7.63. The van der Waals surface area contributed by atoms with Crippen molar-refractivity contribution in [1.29, 1.82) is 0 Å². The lowest BCUT2D eigenvalue weighted by molar-refractivity contribution is 0.0508. The van der Waals surface area contributed by atoms with Gasteiger partial charge in [0.25, 0.3) is 5.56 Å². The fraction of sp³-hybridized carbons (Fsp3) is 0.471. The summed E-state index contributed by atoms with van der Waals surface area (Å²) in [4.78, 5) is 17.8. The summed E-state index contributed by atoms with van der Waals surface area (Å²) in [6.07, 6.45) is 3.69. The molecule has 5 rings (SSSR count). The van der Waals surface area contributed by atoms with E-state index in [-0.39, 0.29) is 5.56 Å². The van der Waals surface area contributed by atoms with Gasteiger partial charge in [0.15, 0.2) is 0 Å². The number of nitrogens with zero attached hydrogens (tertiary/aromatic N) is 1. The number of hydrogen-bond acceptors (Lipinski definition) is 2. The Hall–Kier alpha value is -1.61. The van der Waals surface area contributed by atoms with Crippen molar-refractivity contribution in [3.05, 3.63) is 46.4 Å². The largest absolute Gasteiger partial charge is 0.326 e. The first kappa shape index (κ1) is 12.2. The van der Waals surface area contributed by atoms with Crippen LogP contribution in [0.1, 0.15) is 18.5 Å². The highest BCUT2D eigenvalue weighted by molar-refractivity contribution is 5.81. The molecule has 3 fully saturated rings. The molecule has 0 saturated carbocycles. The lowest BCUT2D eigenvalue weighted by Gasteiger charge is -2.44. The Balaban J connectivity index is 1.64. The number of nitrogens with one attached hydrogen (secondary N) is 1. The van der Waals surface area contributed by atoms with E-state index in [2.05, 4.69) is 16.0 Å². The number of benzene rings is 1. The molecule has 3 saturated heterocycles. The van der Waals surface area contributed by atoms with Gasteiger partial charge in [0.05, 0.1) is 0 Å². The Morgan fingerprint density at radius 2 is 2.00 bits per heavy atom. The Morgan fingerprint density at radius 1 is 1.20 bits per heavy atom. The minimum Gasteiger partial charge on any atom is -0.326 e. The van der Waals surface area contributed by atoms with Gasteiger partial charge in [-0.15, -0.1) is 0 Å². The maximum absolute atomic E-state index is 12.1. The van der Waals surface area contributed by atoms with Crippen LogP contribution in [0, 0.1) is 11.8 Å². The number of piperidine rings is 3. The quantitative estimate of drug-likeness (QED) is 0.908. The summed E-state index contributed by atoms with van der Waals surface area (Å²) in [6, 6.07) is 10.0. The minimum absolute atomic E-state index is 0.0550. The van der Waals surface area contributed by atoms with Gasteiger partial charge in [-0.2, -0.15) is 0 Å². The van der Waals surface area contributed by atoms with E-state index < -0.39 is 0 Å². The van der Waals surface area contributed by atoms with Crippen molar-refractivity contribution in [2.45, 2.75) is 19.3 Å². The van der Waals surface area contributed by atoms with E-state index in [1.807, 2.05) is 24.3 Å². The molecule has 2 aromatic rings. The minimum atomic E-state index is 0.0550. The summed E-state index contributed by atoms with van der Waals surface area (Å²) < 4.78 is 0. The molecule has 0 radical (unpaired) electrons. The molecule has 1 atom stereocenters. The standard InChI is InChI=1S/C17H20N2O/c20-17-16-4-2-1-3-13(16)9-15(18-17)10-14-11-19-7-5-12(14)6-8-19/h1-4,9,12,14H,5-8,10-11H2,(H,18,20). The van der Waals surface area contributed by atoms with Gasteiger partial charge >= 0.3 is 0 Å². The van der Waals surface area contributed by atoms with Crippen molar-refractivity contribution in [1.82, 2.24) is 9.88 Å². The van der Waals surface area contributed by atoms with E-state index >= 15 is 0 Å². The van der Waals surface area contributed by atoms with Crippen molar-refractivity contribution < 1.29 is 0 Å². The topological polar surface area (TPSA) is 36.1 Å². The molecule has 3 aliphatic heterocycles. The summed E-state index contributed by atoms with van der Waals surface area (Å²) >= 11 is 0. The Morgan fingerprint density at radius 3 is 2.75 bits per heavy atom. The predicted molar refractivity (Wildman–Crippen MR) is 80.9 cm³/mol. The van der Waals surface area contributed by atoms with Crippen molar-refractivity contribution in [3.8, 4) is 0 Å². The Bertz CT molecular complexity index is 683. The van der Waals surface area contributed by atoms with Crippen LogP contribution in [0.2, 0.25) is 0 Å². The molecule has 3 heteroatoms. The van der Waals surface area contributed by atoms with E-state index in [9.17, 15) is 4.79 Å². The van der Waals surface area contributed by atoms with Gasteiger partial charge in [-0.25, -0.2) is 0 Å². The van der Waals surface area contributed by atoms with Crippen LogP contribution in [-0.4, -0.2) is 29.5 Å². The number of fused-ring (bicyclic) bond motifs is 4. The zero-order chi connectivity index (χ0) is 13.5. The van der Waals surface area contributed by atoms with E-state index in [0.717, 1.165) is 28.8 Å². The Labute approximate surface area is 118 Å². The molecule has 104 valence electrons. The second-order valence-corrected chi connectivity index (χ2v) is 6.31. The highest BCUT2D eigenvalue weighted by atomic mass is 16.1. The summed E-state index contributed by atoms with van der Waals surface area (Å²) in [6.45, 7) is 3.75. The van der Waals surface area contributed by atoms with Crippen molar-refractivity contribution in [2.24, 2.45) is 11.8 Å². The van der Waals surface area contributed by atoms with Gasteiger partial charge in [0.2, 0.25) is 0 Å². The van der Waals surface area contributed by atoms with Gasteiger partial charge in [-0.3, -0.25) is 4.79 Å². The number of hydrogen-bond donors (Lipinski definition) is 1. The van der Waals surface area contributed by atoms with Gasteiger partial charge in [0, 0.05) is 17.6 Å². The van der Waals surface area contributed by atoms with Gasteiger partial charge in [0.1, 0.15) is 0 Å². The van der Waals surface area contributed by atoms with E-state index in [4.69, 9.17) is 0 Å². The smallest absolute Gasteiger partial charge is 0.256 e. The van der Waals surface area contributed by atoms with Gasteiger partial charge < -0.3 is 9.88 Å². The van der Waals surface area contributed by atoms with Crippen LogP contribution in [0.4, 0.5) is 0 Å². The molecule has 3 nitrogen and oxygen atoms in total. The summed E-state index contributed by atoms with van der Waals surface area (Å²) in [7, 11) is 0. The molecular weight excluding hydrogens is 248 g/mol.